The first-order valence-electron chi connectivity index (χ1n) is 8.81. The van der Waals surface area contributed by atoms with Gasteiger partial charge in [0.05, 0.1) is 0 Å². The van der Waals surface area contributed by atoms with E-state index < -0.39 is 0 Å². The highest BCUT2D eigenvalue weighted by Gasteiger charge is 2.20. The molecule has 0 saturated carbocycles. The van der Waals surface area contributed by atoms with E-state index >= 15 is 0 Å². The first-order chi connectivity index (χ1) is 12.1. The Balaban J connectivity index is 1.67. The summed E-state index contributed by atoms with van der Waals surface area (Å²) in [5.74, 6) is 3.36. The van der Waals surface area contributed by atoms with E-state index in [0.717, 1.165) is 46.9 Å². The van der Waals surface area contributed by atoms with Crippen molar-refractivity contribution in [1.82, 2.24) is 19.6 Å². The summed E-state index contributed by atoms with van der Waals surface area (Å²) in [6, 6.07) is 9.94. The number of rotatable bonds is 3. The standard InChI is InChI=1S/C19H22ClN5/c1-13-7-9-24(10-8-13)18-11-14(2)21-19-22-17(23-25(18)19)12-15-3-5-16(20)6-4-15/h3-6,11,13H,7-10,12H2,1-2H3. The number of hydrogen-bond acceptors (Lipinski definition) is 4. The zero-order valence-corrected chi connectivity index (χ0v) is 15.4. The fourth-order valence-electron chi connectivity index (χ4n) is 3.33. The molecule has 1 aliphatic heterocycles. The Morgan fingerprint density at radius 1 is 1.12 bits per heavy atom. The molecule has 6 heteroatoms. The molecule has 0 radical (unpaired) electrons. The predicted octanol–water partition coefficient (Wildman–Crippen LogP) is 3.91. The molecule has 0 spiro atoms. The molecular formula is C19H22ClN5. The molecule has 1 fully saturated rings. The predicted molar refractivity (Wildman–Crippen MR) is 100 cm³/mol. The third-order valence-corrected chi connectivity index (χ3v) is 5.10. The average molecular weight is 356 g/mol. The van der Waals surface area contributed by atoms with E-state index in [1.165, 1.54) is 12.8 Å². The lowest BCUT2D eigenvalue weighted by Gasteiger charge is -2.31. The van der Waals surface area contributed by atoms with Crippen molar-refractivity contribution >= 4 is 23.2 Å². The van der Waals surface area contributed by atoms with Crippen LogP contribution < -0.4 is 4.90 Å². The number of aryl methyl sites for hydroxylation is 1. The van der Waals surface area contributed by atoms with Gasteiger partial charge in [-0.05, 0) is 43.4 Å². The number of benzene rings is 1. The van der Waals surface area contributed by atoms with Crippen LogP contribution in [0.3, 0.4) is 0 Å². The monoisotopic (exact) mass is 355 g/mol. The summed E-state index contributed by atoms with van der Waals surface area (Å²) >= 11 is 5.96. The largest absolute Gasteiger partial charge is 0.356 e. The zero-order chi connectivity index (χ0) is 17.4. The first-order valence-corrected chi connectivity index (χ1v) is 9.19. The van der Waals surface area contributed by atoms with Gasteiger partial charge in [-0.25, -0.2) is 4.98 Å². The van der Waals surface area contributed by atoms with E-state index in [1.807, 2.05) is 35.7 Å². The SMILES string of the molecule is Cc1cc(N2CCC(C)CC2)n2nc(Cc3ccc(Cl)cc3)nc2n1. The van der Waals surface area contributed by atoms with Crippen molar-refractivity contribution in [2.24, 2.45) is 5.92 Å². The number of piperidine rings is 1. The Labute approximate surface area is 152 Å². The van der Waals surface area contributed by atoms with Crippen LogP contribution in [0.2, 0.25) is 5.02 Å². The quantitative estimate of drug-likeness (QED) is 0.714. The highest BCUT2D eigenvalue weighted by Crippen LogP contribution is 2.24. The van der Waals surface area contributed by atoms with Gasteiger partial charge in [0.25, 0.3) is 5.78 Å². The van der Waals surface area contributed by atoms with Crippen LogP contribution in [0.15, 0.2) is 30.3 Å². The Kier molecular flexibility index (Phi) is 4.34. The minimum Gasteiger partial charge on any atom is -0.356 e. The van der Waals surface area contributed by atoms with Gasteiger partial charge in [-0.2, -0.15) is 9.50 Å². The average Bonchev–Trinajstić information content (AvgIpc) is 2.99. The number of hydrogen-bond donors (Lipinski definition) is 0. The van der Waals surface area contributed by atoms with Gasteiger partial charge < -0.3 is 4.90 Å². The van der Waals surface area contributed by atoms with Gasteiger partial charge >= 0.3 is 0 Å². The maximum atomic E-state index is 5.96. The molecule has 1 aromatic carbocycles. The Morgan fingerprint density at radius 2 is 1.84 bits per heavy atom. The molecule has 0 aliphatic carbocycles. The summed E-state index contributed by atoms with van der Waals surface area (Å²) in [6.07, 6.45) is 3.11. The minimum absolute atomic E-state index is 0.677. The maximum Gasteiger partial charge on any atom is 0.254 e. The van der Waals surface area contributed by atoms with Crippen LogP contribution in [0.1, 0.15) is 36.8 Å². The van der Waals surface area contributed by atoms with Crippen molar-refractivity contribution in [3.05, 3.63) is 52.4 Å². The summed E-state index contributed by atoms with van der Waals surface area (Å²) in [5, 5.41) is 5.48. The number of nitrogens with zero attached hydrogens (tertiary/aromatic N) is 5. The summed E-state index contributed by atoms with van der Waals surface area (Å²) < 4.78 is 1.90. The van der Waals surface area contributed by atoms with E-state index in [0.29, 0.717) is 12.2 Å². The van der Waals surface area contributed by atoms with Crippen molar-refractivity contribution in [2.45, 2.75) is 33.1 Å². The van der Waals surface area contributed by atoms with Crippen LogP contribution in [0, 0.1) is 12.8 Å². The summed E-state index contributed by atoms with van der Waals surface area (Å²) in [7, 11) is 0. The molecule has 5 nitrogen and oxygen atoms in total. The molecule has 0 unspecified atom stereocenters. The van der Waals surface area contributed by atoms with Gasteiger partial charge in [0.15, 0.2) is 5.82 Å². The maximum absolute atomic E-state index is 5.96. The third kappa shape index (κ3) is 3.47. The second-order valence-electron chi connectivity index (χ2n) is 6.97. The van der Waals surface area contributed by atoms with Crippen molar-refractivity contribution < 1.29 is 0 Å². The van der Waals surface area contributed by atoms with Crippen molar-refractivity contribution in [1.29, 1.82) is 0 Å². The van der Waals surface area contributed by atoms with Crippen LogP contribution in [0.5, 0.6) is 0 Å². The zero-order valence-electron chi connectivity index (χ0n) is 14.6. The topological polar surface area (TPSA) is 46.3 Å². The molecule has 1 saturated heterocycles. The number of anilines is 1. The Bertz CT molecular complexity index is 879. The van der Waals surface area contributed by atoms with Gasteiger partial charge in [-0.15, -0.1) is 5.10 Å². The second kappa shape index (κ2) is 6.64. The fraction of sp³-hybridized carbons (Fsp3) is 0.421. The highest BCUT2D eigenvalue weighted by atomic mass is 35.5. The van der Waals surface area contributed by atoms with Crippen LogP contribution in [-0.2, 0) is 6.42 Å². The molecule has 0 amide bonds. The van der Waals surface area contributed by atoms with Gasteiger partial charge in [-0.1, -0.05) is 30.7 Å². The normalized spacial score (nSPS) is 15.9. The third-order valence-electron chi connectivity index (χ3n) is 4.85. The molecule has 0 atom stereocenters. The van der Waals surface area contributed by atoms with Gasteiger partial charge in [-0.3, -0.25) is 0 Å². The van der Waals surface area contributed by atoms with Gasteiger partial charge in [0.2, 0.25) is 0 Å². The molecule has 4 rings (SSSR count). The van der Waals surface area contributed by atoms with E-state index in [-0.39, 0.29) is 0 Å². The molecule has 0 bridgehead atoms. The summed E-state index contributed by atoms with van der Waals surface area (Å²) in [6.45, 7) is 6.46. The smallest absolute Gasteiger partial charge is 0.254 e. The van der Waals surface area contributed by atoms with Crippen LogP contribution in [0.4, 0.5) is 5.82 Å². The van der Waals surface area contributed by atoms with Crippen molar-refractivity contribution in [2.75, 3.05) is 18.0 Å². The van der Waals surface area contributed by atoms with E-state index in [2.05, 4.69) is 27.9 Å². The number of halogens is 1. The second-order valence-corrected chi connectivity index (χ2v) is 7.40. The Morgan fingerprint density at radius 3 is 2.56 bits per heavy atom. The molecule has 3 heterocycles. The van der Waals surface area contributed by atoms with E-state index in [9.17, 15) is 0 Å². The first kappa shape index (κ1) is 16.3. The van der Waals surface area contributed by atoms with Gasteiger partial charge in [0, 0.05) is 36.3 Å². The van der Waals surface area contributed by atoms with Crippen LogP contribution in [-0.4, -0.2) is 32.7 Å². The Hall–Kier alpha value is -2.14. The summed E-state index contributed by atoms with van der Waals surface area (Å²) in [5.41, 5.74) is 2.12. The number of aromatic nitrogens is 4. The lowest BCUT2D eigenvalue weighted by Crippen LogP contribution is -2.34. The molecular weight excluding hydrogens is 334 g/mol. The lowest BCUT2D eigenvalue weighted by molar-refractivity contribution is 0.435. The van der Waals surface area contributed by atoms with E-state index in [1.54, 1.807) is 0 Å². The number of fused-ring (bicyclic) bond motifs is 1. The fourth-order valence-corrected chi connectivity index (χ4v) is 3.46. The van der Waals surface area contributed by atoms with Gasteiger partial charge in [0.1, 0.15) is 5.82 Å². The highest BCUT2D eigenvalue weighted by molar-refractivity contribution is 6.30. The molecule has 0 N–H and O–H groups in total. The molecule has 2 aromatic heterocycles. The summed E-state index contributed by atoms with van der Waals surface area (Å²) in [4.78, 5) is 11.6. The minimum atomic E-state index is 0.677. The van der Waals surface area contributed by atoms with Crippen LogP contribution in [0.25, 0.3) is 5.78 Å². The van der Waals surface area contributed by atoms with E-state index in [4.69, 9.17) is 16.7 Å². The molecule has 25 heavy (non-hydrogen) atoms. The van der Waals surface area contributed by atoms with Crippen LogP contribution >= 0.6 is 11.6 Å². The molecule has 130 valence electrons. The lowest BCUT2D eigenvalue weighted by atomic mass is 9.99. The molecule has 3 aromatic rings. The van der Waals surface area contributed by atoms with Crippen molar-refractivity contribution in [3.8, 4) is 0 Å². The van der Waals surface area contributed by atoms with Crippen molar-refractivity contribution in [3.63, 3.8) is 0 Å². The molecule has 1 aliphatic rings.